The number of hydrogen-bond donors (Lipinski definition) is 1. The molecule has 112 valence electrons. The number of hydrogen-bond acceptors (Lipinski definition) is 5. The smallest absolute Gasteiger partial charge is 0.326 e. The summed E-state index contributed by atoms with van der Waals surface area (Å²) >= 11 is 0. The average molecular weight is 280 g/mol. The minimum Gasteiger partial charge on any atom is -0.468 e. The summed E-state index contributed by atoms with van der Waals surface area (Å²) < 4.78 is 6.97. The van der Waals surface area contributed by atoms with Crippen LogP contribution in [-0.2, 0) is 23.1 Å². The van der Waals surface area contributed by atoms with Gasteiger partial charge in [0.25, 0.3) is 0 Å². The zero-order valence-electron chi connectivity index (χ0n) is 12.7. The molecule has 1 aromatic heterocycles. The molecule has 0 aliphatic heterocycles. The molecule has 0 bridgehead atoms. The van der Waals surface area contributed by atoms with E-state index in [0.29, 0.717) is 6.04 Å². The fourth-order valence-corrected chi connectivity index (χ4v) is 3.01. The Morgan fingerprint density at radius 3 is 3.00 bits per heavy atom. The molecule has 2 rings (SSSR count). The number of aromatic nitrogens is 2. The van der Waals surface area contributed by atoms with Gasteiger partial charge in [-0.15, -0.1) is 0 Å². The average Bonchev–Trinajstić information content (AvgIpc) is 3.06. The number of aryl methyl sites for hydroxylation is 1. The molecule has 20 heavy (non-hydrogen) atoms. The minimum atomic E-state index is -0.532. The van der Waals surface area contributed by atoms with Crippen LogP contribution in [0.1, 0.15) is 25.1 Å². The molecule has 1 heterocycles. The van der Waals surface area contributed by atoms with Crippen LogP contribution in [0.25, 0.3) is 0 Å². The Hall–Kier alpha value is -1.40. The first-order chi connectivity index (χ1) is 9.52. The van der Waals surface area contributed by atoms with Crippen molar-refractivity contribution >= 4 is 5.97 Å². The summed E-state index contributed by atoms with van der Waals surface area (Å²) in [6.07, 6.45) is 6.33. The van der Waals surface area contributed by atoms with Gasteiger partial charge in [-0.25, -0.2) is 4.98 Å². The molecule has 6 heteroatoms. The number of carbonyl (C=O) groups is 1. The van der Waals surface area contributed by atoms with Gasteiger partial charge in [0.05, 0.1) is 13.7 Å². The van der Waals surface area contributed by atoms with Crippen LogP contribution >= 0.6 is 0 Å². The number of methoxy groups -OCH3 is 1. The van der Waals surface area contributed by atoms with Crippen LogP contribution in [0.2, 0.25) is 0 Å². The number of esters is 1. The van der Waals surface area contributed by atoms with E-state index in [4.69, 9.17) is 4.74 Å². The highest BCUT2D eigenvalue weighted by Gasteiger charge is 2.46. The molecular formula is C14H24N4O2. The van der Waals surface area contributed by atoms with Crippen LogP contribution in [-0.4, -0.2) is 53.2 Å². The van der Waals surface area contributed by atoms with E-state index in [9.17, 15) is 4.79 Å². The quantitative estimate of drug-likeness (QED) is 0.798. The van der Waals surface area contributed by atoms with Crippen LogP contribution in [0.4, 0.5) is 0 Å². The van der Waals surface area contributed by atoms with Crippen LogP contribution in [0.3, 0.4) is 0 Å². The van der Waals surface area contributed by atoms with Gasteiger partial charge in [0, 0.05) is 25.5 Å². The van der Waals surface area contributed by atoms with Gasteiger partial charge < -0.3 is 14.6 Å². The first-order valence-electron chi connectivity index (χ1n) is 6.96. The number of carbonyl (C=O) groups excluding carboxylic acids is 1. The maximum Gasteiger partial charge on any atom is 0.326 e. The van der Waals surface area contributed by atoms with E-state index in [0.717, 1.165) is 31.6 Å². The Morgan fingerprint density at radius 2 is 2.45 bits per heavy atom. The second-order valence-electron chi connectivity index (χ2n) is 5.59. The fourth-order valence-electron chi connectivity index (χ4n) is 3.01. The molecule has 1 N–H and O–H groups in total. The standard InChI is InChI=1S/C14H24N4O2/c1-15-14(13(19)20-4)6-5-11(9-14)18(3)10-12-16-7-8-17(12)2/h7-8,11,15H,5-6,9-10H2,1-4H3. The van der Waals surface area contributed by atoms with E-state index < -0.39 is 5.54 Å². The summed E-state index contributed by atoms with van der Waals surface area (Å²) in [4.78, 5) is 18.6. The zero-order chi connectivity index (χ0) is 14.8. The van der Waals surface area contributed by atoms with Gasteiger partial charge in [-0.3, -0.25) is 9.69 Å². The normalized spacial score (nSPS) is 26.1. The van der Waals surface area contributed by atoms with E-state index >= 15 is 0 Å². The fraction of sp³-hybridized carbons (Fsp3) is 0.714. The lowest BCUT2D eigenvalue weighted by Crippen LogP contribution is -2.50. The second-order valence-corrected chi connectivity index (χ2v) is 5.59. The largest absolute Gasteiger partial charge is 0.468 e. The van der Waals surface area contributed by atoms with Crippen molar-refractivity contribution in [3.63, 3.8) is 0 Å². The van der Waals surface area contributed by atoms with Gasteiger partial charge in [0.2, 0.25) is 0 Å². The third-order valence-corrected chi connectivity index (χ3v) is 4.48. The van der Waals surface area contributed by atoms with E-state index in [1.807, 2.05) is 31.1 Å². The van der Waals surface area contributed by atoms with E-state index in [1.54, 1.807) is 0 Å². The van der Waals surface area contributed by atoms with Crippen LogP contribution < -0.4 is 5.32 Å². The summed E-state index contributed by atoms with van der Waals surface area (Å²) in [5, 5.41) is 3.16. The predicted octanol–water partition coefficient (Wildman–Crippen LogP) is 0.536. The van der Waals surface area contributed by atoms with E-state index in [2.05, 4.69) is 22.2 Å². The summed E-state index contributed by atoms with van der Waals surface area (Å²) in [6, 6.07) is 0.359. The summed E-state index contributed by atoms with van der Waals surface area (Å²) in [5.41, 5.74) is -0.532. The van der Waals surface area contributed by atoms with Crippen molar-refractivity contribution in [3.8, 4) is 0 Å². The maximum absolute atomic E-state index is 12.0. The lowest BCUT2D eigenvalue weighted by Gasteiger charge is -2.28. The lowest BCUT2D eigenvalue weighted by molar-refractivity contribution is -0.148. The number of ether oxygens (including phenoxy) is 1. The first kappa shape index (κ1) is 15.0. The molecule has 2 unspecified atom stereocenters. The number of rotatable bonds is 5. The highest BCUT2D eigenvalue weighted by atomic mass is 16.5. The van der Waals surface area contributed by atoms with Crippen molar-refractivity contribution in [1.29, 1.82) is 0 Å². The summed E-state index contributed by atoms with van der Waals surface area (Å²) in [7, 11) is 7.37. The Morgan fingerprint density at radius 1 is 1.70 bits per heavy atom. The van der Waals surface area contributed by atoms with Crippen molar-refractivity contribution < 1.29 is 9.53 Å². The highest BCUT2D eigenvalue weighted by molar-refractivity contribution is 5.81. The molecule has 1 aromatic rings. The molecule has 1 saturated carbocycles. The number of imidazole rings is 1. The molecule has 1 aliphatic rings. The van der Waals surface area contributed by atoms with Crippen LogP contribution in [0, 0.1) is 0 Å². The van der Waals surface area contributed by atoms with Gasteiger partial charge in [-0.2, -0.15) is 0 Å². The summed E-state index contributed by atoms with van der Waals surface area (Å²) in [5.74, 6) is 0.875. The summed E-state index contributed by atoms with van der Waals surface area (Å²) in [6.45, 7) is 0.787. The van der Waals surface area contributed by atoms with Crippen molar-refractivity contribution in [2.75, 3.05) is 21.2 Å². The number of nitrogens with one attached hydrogen (secondary N) is 1. The molecular weight excluding hydrogens is 256 g/mol. The second kappa shape index (κ2) is 5.93. The van der Waals surface area contributed by atoms with Gasteiger partial charge in [0.1, 0.15) is 11.4 Å². The van der Waals surface area contributed by atoms with E-state index in [-0.39, 0.29) is 5.97 Å². The Bertz CT molecular complexity index is 473. The molecule has 0 radical (unpaired) electrons. The van der Waals surface area contributed by atoms with Crippen molar-refractivity contribution in [1.82, 2.24) is 19.8 Å². The van der Waals surface area contributed by atoms with Crippen LogP contribution in [0.15, 0.2) is 12.4 Å². The van der Waals surface area contributed by atoms with Crippen molar-refractivity contribution in [2.45, 2.75) is 37.4 Å². The van der Waals surface area contributed by atoms with Gasteiger partial charge >= 0.3 is 5.97 Å². The number of nitrogens with zero attached hydrogens (tertiary/aromatic N) is 3. The Kier molecular flexibility index (Phi) is 4.45. The molecule has 1 aliphatic carbocycles. The Balaban J connectivity index is 2.01. The molecule has 0 spiro atoms. The SMILES string of the molecule is CNC1(C(=O)OC)CCC(N(C)Cc2nccn2C)C1. The predicted molar refractivity (Wildman–Crippen MR) is 76.1 cm³/mol. The molecule has 6 nitrogen and oxygen atoms in total. The maximum atomic E-state index is 12.0. The topological polar surface area (TPSA) is 59.4 Å². The monoisotopic (exact) mass is 280 g/mol. The van der Waals surface area contributed by atoms with Crippen LogP contribution in [0.5, 0.6) is 0 Å². The molecule has 0 amide bonds. The molecule has 0 aromatic carbocycles. The third-order valence-electron chi connectivity index (χ3n) is 4.48. The zero-order valence-corrected chi connectivity index (χ0v) is 12.7. The highest BCUT2D eigenvalue weighted by Crippen LogP contribution is 2.33. The Labute approximate surface area is 120 Å². The van der Waals surface area contributed by atoms with Gasteiger partial charge in [0.15, 0.2) is 0 Å². The van der Waals surface area contributed by atoms with Crippen molar-refractivity contribution in [3.05, 3.63) is 18.2 Å². The lowest BCUT2D eigenvalue weighted by atomic mass is 9.97. The minimum absolute atomic E-state index is 0.159. The molecule has 1 fully saturated rings. The van der Waals surface area contributed by atoms with Crippen molar-refractivity contribution in [2.24, 2.45) is 7.05 Å². The van der Waals surface area contributed by atoms with E-state index in [1.165, 1.54) is 7.11 Å². The van der Waals surface area contributed by atoms with Gasteiger partial charge in [-0.1, -0.05) is 0 Å². The number of likely N-dealkylation sites (N-methyl/N-ethyl adjacent to an activating group) is 1. The first-order valence-corrected chi connectivity index (χ1v) is 6.96. The van der Waals surface area contributed by atoms with Gasteiger partial charge in [-0.05, 0) is 33.4 Å². The third kappa shape index (κ3) is 2.71. The molecule has 0 saturated heterocycles. The molecule has 2 atom stereocenters.